The predicted molar refractivity (Wildman–Crippen MR) is 63.9 cm³/mol. The molecule has 0 aromatic rings. The van der Waals surface area contributed by atoms with Gasteiger partial charge in [0.25, 0.3) is 0 Å². The van der Waals surface area contributed by atoms with Gasteiger partial charge in [0.2, 0.25) is 17.7 Å². The molecule has 3 atom stereocenters. The van der Waals surface area contributed by atoms with Crippen LogP contribution in [0.15, 0.2) is 0 Å². The Morgan fingerprint density at radius 1 is 1.18 bits per heavy atom. The second kappa shape index (κ2) is 6.88. The molecule has 0 radical (unpaired) electrons. The Balaban J connectivity index is 4.50. The highest BCUT2D eigenvalue weighted by Gasteiger charge is 2.25. The number of hydrogen-bond donors (Lipinski definition) is 3. The van der Waals surface area contributed by atoms with Crippen molar-refractivity contribution in [3.05, 3.63) is 0 Å². The number of hydrogen-bond acceptors (Lipinski definition) is 3. The second-order valence-corrected chi connectivity index (χ2v) is 4.20. The normalized spacial score (nSPS) is 15.5. The Hall–Kier alpha value is -1.59. The van der Waals surface area contributed by atoms with Crippen molar-refractivity contribution in [3.63, 3.8) is 0 Å². The topological polar surface area (TPSA) is 101 Å². The van der Waals surface area contributed by atoms with Crippen molar-refractivity contribution in [3.8, 4) is 0 Å². The molecule has 4 N–H and O–H groups in total. The zero-order valence-corrected chi connectivity index (χ0v) is 10.7. The molecule has 17 heavy (non-hydrogen) atoms. The van der Waals surface area contributed by atoms with E-state index in [4.69, 9.17) is 5.73 Å². The van der Waals surface area contributed by atoms with Gasteiger partial charge in [-0.05, 0) is 12.8 Å². The average Bonchev–Trinajstić information content (AvgIpc) is 2.22. The standard InChI is InChI=1S/C11H21N3O3/c1-5-6(2)9(10(12)16)14-11(17)7(3)13-8(4)15/h6-7,9H,5H2,1-4H3,(H2,12,16)(H,13,15)(H,14,17)/t6-,7-,9-/m0/s1. The van der Waals surface area contributed by atoms with E-state index >= 15 is 0 Å². The molecule has 3 amide bonds. The molecule has 0 aliphatic heterocycles. The van der Waals surface area contributed by atoms with Gasteiger partial charge in [-0.2, -0.15) is 0 Å². The fourth-order valence-corrected chi connectivity index (χ4v) is 1.38. The summed E-state index contributed by atoms with van der Waals surface area (Å²) in [5.41, 5.74) is 5.22. The molecule has 0 aliphatic rings. The van der Waals surface area contributed by atoms with Crippen molar-refractivity contribution in [1.82, 2.24) is 10.6 Å². The minimum atomic E-state index is -0.705. The Bertz CT molecular complexity index is 304. The molecule has 6 heteroatoms. The van der Waals surface area contributed by atoms with E-state index in [0.717, 1.165) is 6.42 Å². The van der Waals surface area contributed by atoms with Crippen molar-refractivity contribution in [2.75, 3.05) is 0 Å². The third kappa shape index (κ3) is 5.33. The van der Waals surface area contributed by atoms with Gasteiger partial charge in [0.1, 0.15) is 12.1 Å². The van der Waals surface area contributed by atoms with E-state index in [1.165, 1.54) is 6.92 Å². The smallest absolute Gasteiger partial charge is 0.242 e. The van der Waals surface area contributed by atoms with Gasteiger partial charge >= 0.3 is 0 Å². The van der Waals surface area contributed by atoms with Gasteiger partial charge in [0.15, 0.2) is 0 Å². The molecule has 0 rings (SSSR count). The van der Waals surface area contributed by atoms with Crippen molar-refractivity contribution in [2.24, 2.45) is 11.7 Å². The van der Waals surface area contributed by atoms with Crippen LogP contribution in [0.4, 0.5) is 0 Å². The molecule has 0 aromatic carbocycles. The molecule has 98 valence electrons. The zero-order chi connectivity index (χ0) is 13.6. The van der Waals surface area contributed by atoms with Gasteiger partial charge in [-0.25, -0.2) is 0 Å². The fourth-order valence-electron chi connectivity index (χ4n) is 1.38. The highest BCUT2D eigenvalue weighted by Crippen LogP contribution is 2.07. The van der Waals surface area contributed by atoms with Crippen LogP contribution < -0.4 is 16.4 Å². The maximum absolute atomic E-state index is 11.7. The van der Waals surface area contributed by atoms with E-state index in [2.05, 4.69) is 10.6 Å². The fraction of sp³-hybridized carbons (Fsp3) is 0.727. The molecular weight excluding hydrogens is 222 g/mol. The van der Waals surface area contributed by atoms with Crippen molar-refractivity contribution in [1.29, 1.82) is 0 Å². The zero-order valence-electron chi connectivity index (χ0n) is 10.7. The van der Waals surface area contributed by atoms with E-state index in [0.29, 0.717) is 0 Å². The van der Waals surface area contributed by atoms with Crippen LogP contribution >= 0.6 is 0 Å². The van der Waals surface area contributed by atoms with E-state index < -0.39 is 23.9 Å². The highest BCUT2D eigenvalue weighted by molar-refractivity contribution is 5.91. The molecule has 6 nitrogen and oxygen atoms in total. The maximum atomic E-state index is 11.7. The van der Waals surface area contributed by atoms with Crippen LogP contribution in [0.1, 0.15) is 34.1 Å². The Morgan fingerprint density at radius 3 is 2.06 bits per heavy atom. The molecule has 0 fully saturated rings. The first-order chi connectivity index (χ1) is 7.79. The third-order valence-corrected chi connectivity index (χ3v) is 2.63. The lowest BCUT2D eigenvalue weighted by atomic mass is 9.98. The Morgan fingerprint density at radius 2 is 1.71 bits per heavy atom. The Labute approximate surface area is 101 Å². The predicted octanol–water partition coefficient (Wildman–Crippen LogP) is -0.473. The van der Waals surface area contributed by atoms with Gasteiger partial charge in [-0.1, -0.05) is 20.3 Å². The summed E-state index contributed by atoms with van der Waals surface area (Å²) >= 11 is 0. The highest BCUT2D eigenvalue weighted by atomic mass is 16.2. The summed E-state index contributed by atoms with van der Waals surface area (Å²) in [6, 6.07) is -1.39. The van der Waals surface area contributed by atoms with Crippen LogP contribution in [0.3, 0.4) is 0 Å². The van der Waals surface area contributed by atoms with Crippen LogP contribution in [-0.4, -0.2) is 29.8 Å². The summed E-state index contributed by atoms with van der Waals surface area (Å²) in [4.78, 5) is 33.7. The van der Waals surface area contributed by atoms with Crippen LogP contribution in [0.5, 0.6) is 0 Å². The Kier molecular flexibility index (Phi) is 6.23. The molecule has 0 heterocycles. The van der Waals surface area contributed by atoms with E-state index in [1.807, 2.05) is 13.8 Å². The summed E-state index contributed by atoms with van der Waals surface area (Å²) < 4.78 is 0. The summed E-state index contributed by atoms with van der Waals surface area (Å²) in [5, 5.41) is 4.98. The number of nitrogens with one attached hydrogen (secondary N) is 2. The number of nitrogens with two attached hydrogens (primary N) is 1. The van der Waals surface area contributed by atoms with Gasteiger partial charge in [0.05, 0.1) is 0 Å². The summed E-state index contributed by atoms with van der Waals surface area (Å²) in [7, 11) is 0. The van der Waals surface area contributed by atoms with Gasteiger partial charge < -0.3 is 16.4 Å². The molecular formula is C11H21N3O3. The van der Waals surface area contributed by atoms with E-state index in [9.17, 15) is 14.4 Å². The van der Waals surface area contributed by atoms with Crippen molar-refractivity contribution < 1.29 is 14.4 Å². The number of carbonyl (C=O) groups is 3. The quantitative estimate of drug-likeness (QED) is 0.587. The minimum Gasteiger partial charge on any atom is -0.368 e. The van der Waals surface area contributed by atoms with Crippen LogP contribution in [0.2, 0.25) is 0 Å². The molecule has 0 unspecified atom stereocenters. The van der Waals surface area contributed by atoms with Crippen LogP contribution in [-0.2, 0) is 14.4 Å². The van der Waals surface area contributed by atoms with Gasteiger partial charge in [-0.15, -0.1) is 0 Å². The molecule has 0 spiro atoms. The molecule has 0 saturated carbocycles. The summed E-state index contributed by atoms with van der Waals surface area (Å²) in [5.74, 6) is -1.32. The number of amides is 3. The van der Waals surface area contributed by atoms with Crippen LogP contribution in [0.25, 0.3) is 0 Å². The summed E-state index contributed by atoms with van der Waals surface area (Å²) in [6.07, 6.45) is 0.725. The largest absolute Gasteiger partial charge is 0.368 e. The lowest BCUT2D eigenvalue weighted by molar-refractivity contribution is -0.131. The number of primary amides is 1. The first-order valence-electron chi connectivity index (χ1n) is 5.66. The number of carbonyl (C=O) groups excluding carboxylic acids is 3. The van der Waals surface area contributed by atoms with E-state index in [-0.39, 0.29) is 11.8 Å². The average molecular weight is 243 g/mol. The lowest BCUT2D eigenvalue weighted by Gasteiger charge is -2.23. The van der Waals surface area contributed by atoms with Gasteiger partial charge in [-0.3, -0.25) is 14.4 Å². The number of rotatable bonds is 6. The SMILES string of the molecule is CC[C@H](C)[C@H](NC(=O)[C@H](C)NC(C)=O)C(N)=O. The van der Waals surface area contributed by atoms with Crippen molar-refractivity contribution in [2.45, 2.75) is 46.2 Å². The van der Waals surface area contributed by atoms with Gasteiger partial charge in [0, 0.05) is 6.92 Å². The first kappa shape index (κ1) is 15.4. The molecule has 0 saturated heterocycles. The third-order valence-electron chi connectivity index (χ3n) is 2.63. The lowest BCUT2D eigenvalue weighted by Crippen LogP contribution is -2.53. The first-order valence-corrected chi connectivity index (χ1v) is 5.66. The van der Waals surface area contributed by atoms with Crippen LogP contribution in [0, 0.1) is 5.92 Å². The molecule has 0 aromatic heterocycles. The van der Waals surface area contributed by atoms with E-state index in [1.54, 1.807) is 6.92 Å². The molecule has 0 aliphatic carbocycles. The molecule has 0 bridgehead atoms. The minimum absolute atomic E-state index is 0.0408. The second-order valence-electron chi connectivity index (χ2n) is 4.20. The summed E-state index contributed by atoms with van der Waals surface area (Å²) in [6.45, 7) is 6.61. The monoisotopic (exact) mass is 243 g/mol. The maximum Gasteiger partial charge on any atom is 0.242 e. The van der Waals surface area contributed by atoms with Crippen molar-refractivity contribution >= 4 is 17.7 Å².